The lowest BCUT2D eigenvalue weighted by atomic mass is 10.1. The Bertz CT molecular complexity index is 537. The number of nitrogens with one attached hydrogen (secondary N) is 1. The molecular formula is C18H26N2O3. The fourth-order valence-electron chi connectivity index (χ4n) is 2.65. The highest BCUT2D eigenvalue weighted by molar-refractivity contribution is 5.86. The summed E-state index contributed by atoms with van der Waals surface area (Å²) in [7, 11) is 0. The maximum absolute atomic E-state index is 12.7. The zero-order valence-electron chi connectivity index (χ0n) is 14.2. The first-order chi connectivity index (χ1) is 10.8. The summed E-state index contributed by atoms with van der Waals surface area (Å²) in [4.78, 5) is 26.5. The number of hydrogen-bond acceptors (Lipinski definition) is 3. The summed E-state index contributed by atoms with van der Waals surface area (Å²) in [5, 5.41) is 2.73. The Kier molecular flexibility index (Phi) is 5.64. The summed E-state index contributed by atoms with van der Waals surface area (Å²) in [6, 6.07) is 9.40. The van der Waals surface area contributed by atoms with Crippen LogP contribution in [0.25, 0.3) is 0 Å². The van der Waals surface area contributed by atoms with Gasteiger partial charge in [-0.3, -0.25) is 4.79 Å². The minimum Gasteiger partial charge on any atom is -0.444 e. The molecule has 0 aromatic heterocycles. The lowest BCUT2D eigenvalue weighted by Gasteiger charge is -2.26. The minimum atomic E-state index is -0.568. The largest absolute Gasteiger partial charge is 0.444 e. The zero-order chi connectivity index (χ0) is 16.9. The van der Waals surface area contributed by atoms with Gasteiger partial charge in [0, 0.05) is 13.1 Å². The maximum atomic E-state index is 12.7. The van der Waals surface area contributed by atoms with E-state index in [9.17, 15) is 9.59 Å². The molecule has 0 aliphatic carbocycles. The van der Waals surface area contributed by atoms with Gasteiger partial charge in [0.2, 0.25) is 5.91 Å². The van der Waals surface area contributed by atoms with Crippen LogP contribution in [-0.4, -0.2) is 35.1 Å². The first-order valence-corrected chi connectivity index (χ1v) is 8.17. The van der Waals surface area contributed by atoms with Crippen LogP contribution in [-0.2, 0) is 16.1 Å². The van der Waals surface area contributed by atoms with Crippen LogP contribution >= 0.6 is 0 Å². The Labute approximate surface area is 138 Å². The summed E-state index contributed by atoms with van der Waals surface area (Å²) >= 11 is 0. The third-order valence-corrected chi connectivity index (χ3v) is 3.69. The van der Waals surface area contributed by atoms with Crippen molar-refractivity contribution in [3.63, 3.8) is 0 Å². The number of likely N-dealkylation sites (tertiary alicyclic amines) is 1. The number of benzene rings is 1. The van der Waals surface area contributed by atoms with E-state index >= 15 is 0 Å². The second-order valence-electron chi connectivity index (χ2n) is 6.94. The van der Waals surface area contributed by atoms with Gasteiger partial charge in [-0.25, -0.2) is 4.79 Å². The highest BCUT2D eigenvalue weighted by Gasteiger charge is 2.29. The molecule has 2 amide bonds. The van der Waals surface area contributed by atoms with Crippen LogP contribution in [0.3, 0.4) is 0 Å². The first kappa shape index (κ1) is 17.3. The molecule has 0 spiro atoms. The molecule has 1 fully saturated rings. The van der Waals surface area contributed by atoms with Gasteiger partial charge in [0.1, 0.15) is 11.6 Å². The number of carbonyl (C=O) groups excluding carboxylic acids is 2. The molecule has 5 heteroatoms. The quantitative estimate of drug-likeness (QED) is 0.931. The lowest BCUT2D eigenvalue weighted by molar-refractivity contribution is -0.133. The van der Waals surface area contributed by atoms with Crippen molar-refractivity contribution in [1.82, 2.24) is 10.2 Å². The van der Waals surface area contributed by atoms with Gasteiger partial charge in [-0.15, -0.1) is 0 Å². The van der Waals surface area contributed by atoms with Crippen LogP contribution in [0.4, 0.5) is 4.79 Å². The van der Waals surface area contributed by atoms with Crippen molar-refractivity contribution < 1.29 is 14.3 Å². The van der Waals surface area contributed by atoms with E-state index in [1.54, 1.807) is 0 Å². The molecule has 0 radical (unpaired) electrons. The molecule has 1 unspecified atom stereocenters. The van der Waals surface area contributed by atoms with Gasteiger partial charge in [-0.05, 0) is 45.6 Å². The van der Waals surface area contributed by atoms with E-state index in [0.29, 0.717) is 13.0 Å². The van der Waals surface area contributed by atoms with E-state index in [1.165, 1.54) is 0 Å². The highest BCUT2D eigenvalue weighted by atomic mass is 16.6. The maximum Gasteiger partial charge on any atom is 0.408 e. The van der Waals surface area contributed by atoms with Gasteiger partial charge in [0.25, 0.3) is 0 Å². The van der Waals surface area contributed by atoms with Crippen LogP contribution in [0.5, 0.6) is 0 Å². The molecular weight excluding hydrogens is 292 g/mol. The Morgan fingerprint density at radius 3 is 2.61 bits per heavy atom. The molecule has 1 aliphatic heterocycles. The highest BCUT2D eigenvalue weighted by Crippen LogP contribution is 2.16. The Morgan fingerprint density at radius 2 is 1.96 bits per heavy atom. The molecule has 1 atom stereocenters. The summed E-state index contributed by atoms with van der Waals surface area (Å²) < 4.78 is 5.26. The zero-order valence-corrected chi connectivity index (χ0v) is 14.2. The molecule has 5 nitrogen and oxygen atoms in total. The van der Waals surface area contributed by atoms with Crippen LogP contribution in [0.1, 0.15) is 45.6 Å². The Balaban J connectivity index is 2.00. The fourth-order valence-corrected chi connectivity index (χ4v) is 2.65. The third kappa shape index (κ3) is 5.58. The van der Waals surface area contributed by atoms with Crippen molar-refractivity contribution in [2.75, 3.05) is 6.54 Å². The van der Waals surface area contributed by atoms with E-state index in [0.717, 1.165) is 24.9 Å². The average Bonchev–Trinajstić information content (AvgIpc) is 2.62. The van der Waals surface area contributed by atoms with Crippen LogP contribution in [0, 0.1) is 0 Å². The van der Waals surface area contributed by atoms with Crippen molar-refractivity contribution in [3.05, 3.63) is 35.9 Å². The van der Waals surface area contributed by atoms with E-state index in [2.05, 4.69) is 5.32 Å². The molecule has 1 aromatic rings. The number of ether oxygens (including phenoxy) is 1. The van der Waals surface area contributed by atoms with Crippen molar-refractivity contribution in [3.8, 4) is 0 Å². The van der Waals surface area contributed by atoms with Gasteiger partial charge >= 0.3 is 6.09 Å². The second kappa shape index (κ2) is 7.49. The number of hydrogen-bond donors (Lipinski definition) is 1. The minimum absolute atomic E-state index is 0.0304. The molecule has 0 saturated carbocycles. The molecule has 1 saturated heterocycles. The fraction of sp³-hybridized carbons (Fsp3) is 0.556. The molecule has 1 N–H and O–H groups in total. The van der Waals surface area contributed by atoms with Gasteiger partial charge < -0.3 is 15.0 Å². The predicted octanol–water partition coefficient (Wildman–Crippen LogP) is 3.09. The SMILES string of the molecule is CC(C)(C)OC(=O)NC1CCCCN(Cc2ccccc2)C1=O. The Morgan fingerprint density at radius 1 is 1.26 bits per heavy atom. The number of alkyl carbamates (subject to hydrolysis) is 1. The molecule has 23 heavy (non-hydrogen) atoms. The van der Waals surface area contributed by atoms with E-state index < -0.39 is 17.7 Å². The molecule has 1 aromatic carbocycles. The van der Waals surface area contributed by atoms with Crippen molar-refractivity contribution in [1.29, 1.82) is 0 Å². The van der Waals surface area contributed by atoms with E-state index in [4.69, 9.17) is 4.74 Å². The van der Waals surface area contributed by atoms with Crippen molar-refractivity contribution in [2.45, 2.75) is 58.2 Å². The van der Waals surface area contributed by atoms with Crippen LogP contribution < -0.4 is 5.32 Å². The number of carbonyl (C=O) groups is 2. The normalized spacial score (nSPS) is 19.2. The van der Waals surface area contributed by atoms with E-state index in [-0.39, 0.29) is 5.91 Å². The number of nitrogens with zero attached hydrogens (tertiary/aromatic N) is 1. The number of amides is 2. The van der Waals surface area contributed by atoms with Gasteiger partial charge in [0.05, 0.1) is 0 Å². The summed E-state index contributed by atoms with van der Waals surface area (Å²) in [6.45, 7) is 6.72. The van der Waals surface area contributed by atoms with Crippen molar-refractivity contribution in [2.24, 2.45) is 0 Å². The summed E-state index contributed by atoms with van der Waals surface area (Å²) in [5.41, 5.74) is 0.528. The van der Waals surface area contributed by atoms with Gasteiger partial charge in [-0.1, -0.05) is 30.3 Å². The number of rotatable bonds is 3. The van der Waals surface area contributed by atoms with Crippen LogP contribution in [0.15, 0.2) is 30.3 Å². The van der Waals surface area contributed by atoms with E-state index in [1.807, 2.05) is 56.0 Å². The Hall–Kier alpha value is -2.04. The summed E-state index contributed by atoms with van der Waals surface area (Å²) in [5.74, 6) is -0.0304. The lowest BCUT2D eigenvalue weighted by Crippen LogP contribution is -2.48. The summed E-state index contributed by atoms with van der Waals surface area (Å²) in [6.07, 6.45) is 1.99. The monoisotopic (exact) mass is 318 g/mol. The van der Waals surface area contributed by atoms with Crippen LogP contribution in [0.2, 0.25) is 0 Å². The molecule has 126 valence electrons. The molecule has 1 heterocycles. The van der Waals surface area contributed by atoms with Gasteiger partial charge in [0.15, 0.2) is 0 Å². The predicted molar refractivity (Wildman–Crippen MR) is 88.9 cm³/mol. The molecule has 1 aliphatic rings. The molecule has 2 rings (SSSR count). The topological polar surface area (TPSA) is 58.6 Å². The molecule has 0 bridgehead atoms. The van der Waals surface area contributed by atoms with Crippen molar-refractivity contribution >= 4 is 12.0 Å². The van der Waals surface area contributed by atoms with Gasteiger partial charge in [-0.2, -0.15) is 0 Å². The smallest absolute Gasteiger partial charge is 0.408 e. The standard InChI is InChI=1S/C18H26N2O3/c1-18(2,3)23-17(22)19-15-11-7-8-12-20(16(15)21)13-14-9-5-4-6-10-14/h4-6,9-10,15H,7-8,11-13H2,1-3H3,(H,19,22). The third-order valence-electron chi connectivity index (χ3n) is 3.69. The second-order valence-corrected chi connectivity index (χ2v) is 6.94. The first-order valence-electron chi connectivity index (χ1n) is 8.17. The average molecular weight is 318 g/mol.